The number of rotatable bonds is 3. The Morgan fingerprint density at radius 2 is 2.10 bits per heavy atom. The molecule has 21 heavy (non-hydrogen) atoms. The molecule has 2 N–H and O–H groups in total. The summed E-state index contributed by atoms with van der Waals surface area (Å²) in [6, 6.07) is 10.6. The maximum atomic E-state index is 13.2. The van der Waals surface area contributed by atoms with Crippen LogP contribution in [0.15, 0.2) is 36.4 Å². The predicted octanol–water partition coefficient (Wildman–Crippen LogP) is 4.35. The molecule has 2 nitrogen and oxygen atoms in total. The van der Waals surface area contributed by atoms with Crippen molar-refractivity contribution >= 4 is 11.6 Å². The molecule has 2 aromatic rings. The normalized spacial score (nSPS) is 17.5. The summed E-state index contributed by atoms with van der Waals surface area (Å²) in [7, 11) is 0. The number of hydrogen-bond donors (Lipinski definition) is 2. The number of aromatic hydroxyl groups is 1. The summed E-state index contributed by atoms with van der Waals surface area (Å²) in [4.78, 5) is 0. The van der Waals surface area contributed by atoms with Gasteiger partial charge in [-0.1, -0.05) is 23.7 Å². The van der Waals surface area contributed by atoms with E-state index in [4.69, 9.17) is 11.6 Å². The van der Waals surface area contributed by atoms with E-state index in [0.717, 1.165) is 30.4 Å². The second-order valence-corrected chi connectivity index (χ2v) is 5.86. The van der Waals surface area contributed by atoms with Gasteiger partial charge in [0.25, 0.3) is 0 Å². The Morgan fingerprint density at radius 3 is 2.90 bits per heavy atom. The summed E-state index contributed by atoms with van der Waals surface area (Å²) in [6.45, 7) is 0.625. The van der Waals surface area contributed by atoms with Crippen molar-refractivity contribution in [3.63, 3.8) is 0 Å². The SMILES string of the molecule is Oc1ccc2c(c1)C(NCc1ccc(F)c(Cl)c1)CCC2. The Hall–Kier alpha value is -1.58. The van der Waals surface area contributed by atoms with Crippen LogP contribution in [0.4, 0.5) is 4.39 Å². The van der Waals surface area contributed by atoms with E-state index in [1.807, 2.05) is 12.1 Å². The Morgan fingerprint density at radius 1 is 1.24 bits per heavy atom. The maximum absolute atomic E-state index is 13.2. The summed E-state index contributed by atoms with van der Waals surface area (Å²) in [6.07, 6.45) is 3.21. The fraction of sp³-hybridized carbons (Fsp3) is 0.294. The zero-order valence-electron chi connectivity index (χ0n) is 11.6. The maximum Gasteiger partial charge on any atom is 0.141 e. The molecule has 0 fully saturated rings. The van der Waals surface area contributed by atoms with E-state index in [1.54, 1.807) is 18.2 Å². The number of phenols is 1. The van der Waals surface area contributed by atoms with Crippen LogP contribution in [0.25, 0.3) is 0 Å². The van der Waals surface area contributed by atoms with Gasteiger partial charge in [-0.25, -0.2) is 4.39 Å². The molecule has 1 aliphatic carbocycles. The molecule has 1 unspecified atom stereocenters. The Labute approximate surface area is 128 Å². The largest absolute Gasteiger partial charge is 0.508 e. The van der Waals surface area contributed by atoms with Crippen molar-refractivity contribution in [2.45, 2.75) is 31.8 Å². The fourth-order valence-electron chi connectivity index (χ4n) is 2.89. The molecule has 3 rings (SSSR count). The Bertz CT molecular complexity index is 659. The molecule has 0 aliphatic heterocycles. The highest BCUT2D eigenvalue weighted by Crippen LogP contribution is 2.32. The first-order chi connectivity index (χ1) is 10.1. The van der Waals surface area contributed by atoms with Gasteiger partial charge < -0.3 is 10.4 Å². The lowest BCUT2D eigenvalue weighted by Gasteiger charge is -2.26. The summed E-state index contributed by atoms with van der Waals surface area (Å²) in [5.41, 5.74) is 3.40. The Kier molecular flexibility index (Phi) is 4.13. The minimum atomic E-state index is -0.395. The van der Waals surface area contributed by atoms with Crippen LogP contribution in [-0.2, 0) is 13.0 Å². The van der Waals surface area contributed by atoms with Gasteiger partial charge in [-0.05, 0) is 60.2 Å². The number of hydrogen-bond acceptors (Lipinski definition) is 2. The average Bonchev–Trinajstić information content (AvgIpc) is 2.48. The zero-order valence-corrected chi connectivity index (χ0v) is 12.3. The lowest BCUT2D eigenvalue weighted by atomic mass is 9.87. The number of fused-ring (bicyclic) bond motifs is 1. The van der Waals surface area contributed by atoms with E-state index in [0.29, 0.717) is 12.3 Å². The second-order valence-electron chi connectivity index (χ2n) is 5.46. The van der Waals surface area contributed by atoms with Gasteiger partial charge >= 0.3 is 0 Å². The van der Waals surface area contributed by atoms with Crippen molar-refractivity contribution in [1.82, 2.24) is 5.32 Å². The first-order valence-corrected chi connectivity index (χ1v) is 7.50. The van der Waals surface area contributed by atoms with Crippen LogP contribution in [0, 0.1) is 5.82 Å². The van der Waals surface area contributed by atoms with Gasteiger partial charge in [-0.3, -0.25) is 0 Å². The van der Waals surface area contributed by atoms with Crippen molar-refractivity contribution in [2.24, 2.45) is 0 Å². The van der Waals surface area contributed by atoms with Gasteiger partial charge in [0.05, 0.1) is 5.02 Å². The molecular weight excluding hydrogens is 289 g/mol. The van der Waals surface area contributed by atoms with Gasteiger partial charge in [0.1, 0.15) is 11.6 Å². The third-order valence-electron chi connectivity index (χ3n) is 3.98. The van der Waals surface area contributed by atoms with Gasteiger partial charge in [0.15, 0.2) is 0 Å². The number of aryl methyl sites for hydroxylation is 1. The highest BCUT2D eigenvalue weighted by molar-refractivity contribution is 6.30. The van der Waals surface area contributed by atoms with E-state index in [2.05, 4.69) is 5.32 Å². The van der Waals surface area contributed by atoms with Gasteiger partial charge in [0, 0.05) is 12.6 Å². The monoisotopic (exact) mass is 305 g/mol. The first kappa shape index (κ1) is 14.4. The predicted molar refractivity (Wildman–Crippen MR) is 82.0 cm³/mol. The van der Waals surface area contributed by atoms with Crippen LogP contribution in [0.2, 0.25) is 5.02 Å². The van der Waals surface area contributed by atoms with E-state index < -0.39 is 5.82 Å². The average molecular weight is 306 g/mol. The van der Waals surface area contributed by atoms with Crippen molar-refractivity contribution in [3.05, 3.63) is 63.9 Å². The van der Waals surface area contributed by atoms with Crippen LogP contribution < -0.4 is 5.32 Å². The van der Waals surface area contributed by atoms with Crippen LogP contribution in [0.3, 0.4) is 0 Å². The topological polar surface area (TPSA) is 32.3 Å². The van der Waals surface area contributed by atoms with Gasteiger partial charge in [-0.15, -0.1) is 0 Å². The lowest BCUT2D eigenvalue weighted by molar-refractivity contribution is 0.445. The van der Waals surface area contributed by atoms with Crippen molar-refractivity contribution in [3.8, 4) is 5.75 Å². The van der Waals surface area contributed by atoms with Crippen LogP contribution in [0.1, 0.15) is 35.6 Å². The van der Waals surface area contributed by atoms with Crippen molar-refractivity contribution < 1.29 is 9.50 Å². The smallest absolute Gasteiger partial charge is 0.141 e. The molecule has 0 saturated heterocycles. The molecule has 1 atom stereocenters. The summed E-state index contributed by atoms with van der Waals surface area (Å²) < 4.78 is 13.2. The van der Waals surface area contributed by atoms with E-state index in [9.17, 15) is 9.50 Å². The number of benzene rings is 2. The quantitative estimate of drug-likeness (QED) is 0.883. The molecule has 2 aromatic carbocycles. The Balaban J connectivity index is 1.74. The molecule has 0 bridgehead atoms. The minimum absolute atomic E-state index is 0.149. The molecule has 0 saturated carbocycles. The summed E-state index contributed by atoms with van der Waals surface area (Å²) in [5.74, 6) is -0.0966. The third-order valence-corrected chi connectivity index (χ3v) is 4.27. The molecule has 0 spiro atoms. The number of nitrogens with one attached hydrogen (secondary N) is 1. The molecule has 0 heterocycles. The molecule has 0 amide bonds. The van der Waals surface area contributed by atoms with Crippen LogP contribution >= 0.6 is 11.6 Å². The van der Waals surface area contributed by atoms with Crippen molar-refractivity contribution in [1.29, 1.82) is 0 Å². The fourth-order valence-corrected chi connectivity index (χ4v) is 3.09. The second kappa shape index (κ2) is 6.04. The van der Waals surface area contributed by atoms with Gasteiger partial charge in [0.2, 0.25) is 0 Å². The highest BCUT2D eigenvalue weighted by Gasteiger charge is 2.20. The standard InChI is InChI=1S/C17H17ClFNO/c18-15-8-11(4-7-16(15)19)10-20-17-3-1-2-12-5-6-13(21)9-14(12)17/h4-9,17,20-21H,1-3,10H2. The molecule has 4 heteroatoms. The van der Waals surface area contributed by atoms with Crippen LogP contribution in [-0.4, -0.2) is 5.11 Å². The highest BCUT2D eigenvalue weighted by atomic mass is 35.5. The van der Waals surface area contributed by atoms with E-state index in [1.165, 1.54) is 11.6 Å². The molecular formula is C17H17ClFNO. The molecule has 0 aromatic heterocycles. The third kappa shape index (κ3) is 3.20. The molecule has 1 aliphatic rings. The van der Waals surface area contributed by atoms with E-state index >= 15 is 0 Å². The van der Waals surface area contributed by atoms with Crippen molar-refractivity contribution in [2.75, 3.05) is 0 Å². The molecule has 110 valence electrons. The van der Waals surface area contributed by atoms with Gasteiger partial charge in [-0.2, -0.15) is 0 Å². The zero-order chi connectivity index (χ0) is 14.8. The number of phenolic OH excluding ortho intramolecular Hbond substituents is 1. The van der Waals surface area contributed by atoms with Crippen LogP contribution in [0.5, 0.6) is 5.75 Å². The number of halogens is 2. The van der Waals surface area contributed by atoms with E-state index in [-0.39, 0.29) is 11.1 Å². The lowest BCUT2D eigenvalue weighted by Crippen LogP contribution is -2.24. The minimum Gasteiger partial charge on any atom is -0.508 e. The summed E-state index contributed by atoms with van der Waals surface area (Å²) in [5, 5.41) is 13.3. The summed E-state index contributed by atoms with van der Waals surface area (Å²) >= 11 is 5.80. The molecule has 0 radical (unpaired) electrons. The first-order valence-electron chi connectivity index (χ1n) is 7.12.